The molecule has 0 aliphatic carbocycles. The van der Waals surface area contributed by atoms with Gasteiger partial charge in [-0.05, 0) is 322 Å². The van der Waals surface area contributed by atoms with E-state index in [1.165, 1.54) is 92.0 Å². The summed E-state index contributed by atoms with van der Waals surface area (Å²) in [5, 5.41) is 0.633. The van der Waals surface area contributed by atoms with E-state index >= 15 is 0 Å². The number of carbonyl (C=O) groups excluding carboxylic acids is 3. The van der Waals surface area contributed by atoms with Gasteiger partial charge in [0.15, 0.2) is 0 Å². The number of piperidine rings is 3. The molecule has 6 aliphatic heterocycles. The van der Waals surface area contributed by atoms with E-state index in [0.717, 1.165) is 155 Å². The van der Waals surface area contributed by atoms with Crippen molar-refractivity contribution >= 4 is 111 Å². The number of halogens is 5. The van der Waals surface area contributed by atoms with Crippen molar-refractivity contribution in [1.29, 1.82) is 0 Å². The quantitative estimate of drug-likeness (QED) is 0.0763. The number of anilines is 3. The highest BCUT2D eigenvalue weighted by Gasteiger charge is 2.50. The minimum absolute atomic E-state index is 0.0241. The Morgan fingerprint density at radius 2 is 0.704 bits per heavy atom. The molecule has 12 aromatic rings. The summed E-state index contributed by atoms with van der Waals surface area (Å²) in [5.41, 5.74) is 18.4. The lowest BCUT2D eigenvalue weighted by molar-refractivity contribution is 0.0970. The molecule has 20 heteroatoms. The number of carbonyl (C=O) groups is 3. The minimum Gasteiger partial charge on any atom is -0.307 e. The Morgan fingerprint density at radius 3 is 1.08 bits per heavy atom. The van der Waals surface area contributed by atoms with E-state index in [-0.39, 0.29) is 51.4 Å². The molecule has 0 unspecified atom stereocenters. The number of aryl methyl sites for hydroxylation is 6. The first-order valence-corrected chi connectivity index (χ1v) is 45.9. The standard InChI is InChI=1S/2C35H33ClFN3OS.C35H34FN3OS/c1-24-5-7-26(8-6-24)4-3-17-39-18-15-35(16-19-39)23-40(34(41)27-20-25(2)38-33(36)21-27)32-14-13-30(22-31(32)35)42-29-11-9-28(37)10-12-29;1-24-5-6-26(25(2)20-24)4-3-17-39-18-14-35(15-19-39)23-40(34(41)27-13-16-38-33(36)21-27)32-12-11-30(22-31(32)35)42-29-9-7-28(37)8-10-29;1-25-5-7-27(8-6-25)4-3-19-38-20-16-35(17-21-38)24-39(34(40)28-15-18-37-26(2)22-28)33-14-13-31(23-32(33)35)41-30-11-9-29(36)10-12-30/h3-14,20-22H,15-19,23H2,1-2H3;3-13,16,20-22H,14-15,17-19,23H2,1-2H3;3-15,18,22-23H,16-17,19-21,24H2,1-2H3/b3*4-3+. The smallest absolute Gasteiger partial charge is 0.258 e. The number of amides is 3. The zero-order valence-corrected chi connectivity index (χ0v) is 75.1. The van der Waals surface area contributed by atoms with Crippen molar-refractivity contribution < 1.29 is 27.6 Å². The SMILES string of the molecule is Cc1ccc(/C=C/CN2CCC3(CC2)CN(C(=O)c2cc(C)nc(Cl)c2)c2ccc(Sc4ccc(F)cc4)cc23)cc1.Cc1ccc(/C=C/CN2CCC3(CC2)CN(C(=O)c2ccnc(C)c2)c2ccc(Sc4ccc(F)cc4)cc23)cc1.Cc1ccc(/C=C/CN2CCC3(CC2)CN(C(=O)c2ccnc(Cl)c2)c2ccc(Sc4ccc(F)cc4)cc23)c(C)c1. The fourth-order valence-electron chi connectivity index (χ4n) is 18.2. The number of pyridine rings is 3. The molecular weight excluding hydrogens is 1660 g/mol. The Hall–Kier alpha value is -10.6. The van der Waals surface area contributed by atoms with Gasteiger partial charge in [-0.3, -0.25) is 34.1 Å². The molecule has 9 heterocycles. The van der Waals surface area contributed by atoms with Crippen LogP contribution in [0.25, 0.3) is 18.2 Å². The third-order valence-electron chi connectivity index (χ3n) is 25.1. The van der Waals surface area contributed by atoms with Crippen LogP contribution in [-0.4, -0.2) is 126 Å². The molecule has 3 saturated heterocycles. The average Bonchev–Trinajstić information content (AvgIpc) is 1.60. The fraction of sp³-hybridized carbons (Fsp3) is 0.257. The Labute approximate surface area is 754 Å². The molecule has 0 bridgehead atoms. The molecular formula is C105H100Cl2F3N9O3S3. The van der Waals surface area contributed by atoms with E-state index in [0.29, 0.717) is 46.6 Å². The first-order valence-electron chi connectivity index (χ1n) is 42.7. The van der Waals surface area contributed by atoms with Crippen LogP contribution in [0.4, 0.5) is 30.2 Å². The van der Waals surface area contributed by atoms with Crippen LogP contribution in [0.15, 0.2) is 291 Å². The van der Waals surface area contributed by atoms with Crippen molar-refractivity contribution in [2.45, 2.75) is 126 Å². The number of nitrogens with zero attached hydrogens (tertiary/aromatic N) is 9. The van der Waals surface area contributed by atoms with E-state index in [9.17, 15) is 27.6 Å². The lowest BCUT2D eigenvalue weighted by Crippen LogP contribution is -2.46. The molecule has 125 heavy (non-hydrogen) atoms. The van der Waals surface area contributed by atoms with E-state index < -0.39 is 0 Å². The summed E-state index contributed by atoms with van der Waals surface area (Å²) in [5.74, 6) is -0.807. The summed E-state index contributed by atoms with van der Waals surface area (Å²) in [4.78, 5) is 73.6. The highest BCUT2D eigenvalue weighted by molar-refractivity contribution is 7.99. The zero-order chi connectivity index (χ0) is 86.9. The first-order chi connectivity index (χ1) is 60.4. The zero-order valence-electron chi connectivity index (χ0n) is 71.2. The van der Waals surface area contributed by atoms with Gasteiger partial charge in [-0.2, -0.15) is 0 Å². The lowest BCUT2D eigenvalue weighted by Gasteiger charge is -2.39. The predicted octanol–water partition coefficient (Wildman–Crippen LogP) is 24.4. The van der Waals surface area contributed by atoms with Crippen molar-refractivity contribution in [1.82, 2.24) is 29.7 Å². The Balaban J connectivity index is 0.000000138. The van der Waals surface area contributed by atoms with Gasteiger partial charge in [-0.1, -0.05) is 178 Å². The molecule has 12 nitrogen and oxygen atoms in total. The van der Waals surface area contributed by atoms with Gasteiger partial charge in [-0.15, -0.1) is 0 Å². The van der Waals surface area contributed by atoms with Crippen LogP contribution in [0.5, 0.6) is 0 Å². The second-order valence-corrected chi connectivity index (χ2v) is 38.1. The number of hydrogen-bond donors (Lipinski definition) is 0. The molecule has 3 aromatic heterocycles. The summed E-state index contributed by atoms with van der Waals surface area (Å²) in [7, 11) is 0. The summed E-state index contributed by atoms with van der Waals surface area (Å²) < 4.78 is 40.5. The number of likely N-dealkylation sites (tertiary alicyclic amines) is 3. The Morgan fingerprint density at radius 1 is 0.360 bits per heavy atom. The molecule has 18 rings (SSSR count). The van der Waals surface area contributed by atoms with E-state index in [4.69, 9.17) is 23.2 Å². The highest BCUT2D eigenvalue weighted by Crippen LogP contribution is 2.53. The normalized spacial score (nSPS) is 16.4. The molecule has 636 valence electrons. The van der Waals surface area contributed by atoms with Gasteiger partial charge in [0.2, 0.25) is 0 Å². The van der Waals surface area contributed by atoms with Gasteiger partial charge >= 0.3 is 0 Å². The molecule has 3 fully saturated rings. The fourth-order valence-corrected chi connectivity index (χ4v) is 21.2. The van der Waals surface area contributed by atoms with Crippen molar-refractivity contribution in [2.75, 3.05) is 93.2 Å². The maximum absolute atomic E-state index is 13.9. The third-order valence-corrected chi connectivity index (χ3v) is 28.5. The van der Waals surface area contributed by atoms with Gasteiger partial charge in [0, 0.05) is 142 Å². The summed E-state index contributed by atoms with van der Waals surface area (Å²) in [6.45, 7) is 22.7. The first kappa shape index (κ1) is 87.8. The number of aromatic nitrogens is 3. The molecule has 9 aromatic carbocycles. The lowest BCUT2D eigenvalue weighted by atomic mass is 9.74. The average molecular weight is 1760 g/mol. The topological polar surface area (TPSA) is 109 Å². The molecule has 3 spiro atoms. The van der Waals surface area contributed by atoms with Crippen molar-refractivity contribution in [3.05, 3.63) is 373 Å². The molecule has 0 atom stereocenters. The van der Waals surface area contributed by atoms with E-state index in [2.05, 4.69) is 215 Å². The van der Waals surface area contributed by atoms with Crippen LogP contribution in [0, 0.1) is 59.0 Å². The second kappa shape index (κ2) is 39.1. The van der Waals surface area contributed by atoms with Crippen LogP contribution in [0.2, 0.25) is 10.3 Å². The van der Waals surface area contributed by atoms with Crippen molar-refractivity contribution in [2.24, 2.45) is 0 Å². The molecule has 0 N–H and O–H groups in total. The number of benzene rings is 9. The predicted molar refractivity (Wildman–Crippen MR) is 506 cm³/mol. The Kier molecular flexibility index (Phi) is 27.5. The van der Waals surface area contributed by atoms with E-state index in [1.54, 1.807) is 96.2 Å². The molecule has 3 amide bonds. The number of rotatable bonds is 18. The van der Waals surface area contributed by atoms with Crippen molar-refractivity contribution in [3.8, 4) is 0 Å². The molecule has 0 radical (unpaired) electrons. The minimum atomic E-state index is -0.242. The van der Waals surface area contributed by atoms with E-state index in [1.807, 2.05) is 52.8 Å². The second-order valence-electron chi connectivity index (χ2n) is 33.9. The maximum Gasteiger partial charge on any atom is 0.258 e. The van der Waals surface area contributed by atoms with Gasteiger partial charge in [-0.25, -0.2) is 23.1 Å². The van der Waals surface area contributed by atoms with Gasteiger partial charge in [0.1, 0.15) is 27.8 Å². The van der Waals surface area contributed by atoms with Crippen LogP contribution < -0.4 is 14.7 Å². The van der Waals surface area contributed by atoms with Gasteiger partial charge in [0.05, 0.1) is 0 Å². The van der Waals surface area contributed by atoms with Gasteiger partial charge < -0.3 is 14.7 Å². The number of hydrogen-bond acceptors (Lipinski definition) is 12. The van der Waals surface area contributed by atoms with Crippen LogP contribution >= 0.6 is 58.5 Å². The van der Waals surface area contributed by atoms with Crippen LogP contribution in [0.1, 0.15) is 137 Å². The van der Waals surface area contributed by atoms with Crippen molar-refractivity contribution in [3.63, 3.8) is 0 Å². The monoisotopic (exact) mass is 1760 g/mol. The summed E-state index contributed by atoms with van der Waals surface area (Å²) in [6.07, 6.45) is 22.5. The largest absolute Gasteiger partial charge is 0.307 e. The number of fused-ring (bicyclic) bond motifs is 6. The molecule has 6 aliphatic rings. The maximum atomic E-state index is 13.9. The Bertz CT molecular complexity index is 5990. The summed E-state index contributed by atoms with van der Waals surface area (Å²) in [6, 6.07) is 73.2. The van der Waals surface area contributed by atoms with Crippen LogP contribution in [-0.2, 0) is 16.2 Å². The van der Waals surface area contributed by atoms with Gasteiger partial charge in [0.25, 0.3) is 17.7 Å². The van der Waals surface area contributed by atoms with Crippen LogP contribution in [0.3, 0.4) is 0 Å². The third kappa shape index (κ3) is 21.1. The summed E-state index contributed by atoms with van der Waals surface area (Å²) >= 11 is 17.2. The highest BCUT2D eigenvalue weighted by atomic mass is 35.5. The molecule has 0 saturated carbocycles.